The van der Waals surface area contributed by atoms with Gasteiger partial charge in [-0.05, 0) is 12.1 Å². The fraction of sp³-hybridized carbons (Fsp3) is 0. The van der Waals surface area contributed by atoms with Crippen LogP contribution in [0.2, 0.25) is 10.0 Å². The van der Waals surface area contributed by atoms with Crippen molar-refractivity contribution in [1.29, 1.82) is 0 Å². The quantitative estimate of drug-likeness (QED) is 0.206. The minimum absolute atomic E-state index is 0.0404. The van der Waals surface area contributed by atoms with Crippen molar-refractivity contribution in [2.75, 3.05) is 10.6 Å². The van der Waals surface area contributed by atoms with Crippen molar-refractivity contribution < 1.29 is 19.4 Å². The van der Waals surface area contributed by atoms with Gasteiger partial charge in [0, 0.05) is 35.0 Å². The van der Waals surface area contributed by atoms with Gasteiger partial charge in [-0.3, -0.25) is 40.5 Å². The standard InChI is InChI=1S/C20H10Cl2N6O6S2/c21-13-3-1-9(27(31)32)5-11(13)17(29)25-19-23-15(7-35-19)16-8-36-20(24-16)26-18(30)12-6-10(28(33)34)2-4-14(12)22/h1-8H,(H,23,25,29)(H,24,26,30). The van der Waals surface area contributed by atoms with Crippen LogP contribution < -0.4 is 10.6 Å². The molecule has 2 heterocycles. The minimum atomic E-state index is -0.676. The summed E-state index contributed by atoms with van der Waals surface area (Å²) in [7, 11) is 0. The number of hydrogen-bond donors (Lipinski definition) is 2. The Balaban J connectivity index is 1.47. The molecule has 4 aromatic rings. The number of nitro benzene ring substituents is 2. The van der Waals surface area contributed by atoms with Crippen molar-refractivity contribution in [3.63, 3.8) is 0 Å². The van der Waals surface area contributed by atoms with E-state index in [1.54, 1.807) is 10.8 Å². The molecule has 0 spiro atoms. The maximum atomic E-state index is 12.5. The molecule has 0 saturated carbocycles. The molecule has 0 unspecified atom stereocenters. The van der Waals surface area contributed by atoms with Gasteiger partial charge in [-0.1, -0.05) is 23.2 Å². The Morgan fingerprint density at radius 2 is 1.14 bits per heavy atom. The molecule has 0 aliphatic heterocycles. The van der Waals surface area contributed by atoms with Crippen LogP contribution in [0.4, 0.5) is 21.6 Å². The molecule has 4 rings (SSSR count). The maximum absolute atomic E-state index is 12.5. The van der Waals surface area contributed by atoms with Crippen LogP contribution in [-0.2, 0) is 0 Å². The van der Waals surface area contributed by atoms with E-state index in [0.717, 1.165) is 34.8 Å². The van der Waals surface area contributed by atoms with Gasteiger partial charge < -0.3 is 0 Å². The molecule has 12 nitrogen and oxygen atoms in total. The van der Waals surface area contributed by atoms with E-state index in [0.29, 0.717) is 11.4 Å². The molecule has 2 amide bonds. The molecule has 2 aromatic heterocycles. The van der Waals surface area contributed by atoms with E-state index >= 15 is 0 Å². The molecule has 0 aliphatic rings. The second kappa shape index (κ2) is 10.3. The molecule has 182 valence electrons. The summed E-state index contributed by atoms with van der Waals surface area (Å²) < 4.78 is 0. The van der Waals surface area contributed by atoms with Gasteiger partial charge in [0.25, 0.3) is 23.2 Å². The summed E-state index contributed by atoms with van der Waals surface area (Å²) in [5, 5.41) is 30.7. The third-order valence-corrected chi connectivity index (χ3v) is 6.70. The lowest BCUT2D eigenvalue weighted by Gasteiger charge is -2.04. The normalized spacial score (nSPS) is 10.6. The Hall–Kier alpha value is -3.98. The monoisotopic (exact) mass is 564 g/mol. The van der Waals surface area contributed by atoms with E-state index in [4.69, 9.17) is 23.2 Å². The summed E-state index contributed by atoms with van der Waals surface area (Å²) in [4.78, 5) is 54.3. The zero-order valence-corrected chi connectivity index (χ0v) is 20.6. The molecule has 0 radical (unpaired) electrons. The lowest BCUT2D eigenvalue weighted by Crippen LogP contribution is -2.13. The van der Waals surface area contributed by atoms with Gasteiger partial charge in [0.15, 0.2) is 10.3 Å². The van der Waals surface area contributed by atoms with E-state index in [9.17, 15) is 29.8 Å². The van der Waals surface area contributed by atoms with Crippen molar-refractivity contribution in [2.24, 2.45) is 0 Å². The van der Waals surface area contributed by atoms with Crippen LogP contribution in [0.25, 0.3) is 11.4 Å². The number of non-ortho nitro benzene ring substituents is 2. The molecule has 0 aliphatic carbocycles. The SMILES string of the molecule is O=C(Nc1nc(-c2csc(NC(=O)c3cc([N+](=O)[O-])ccc3Cl)n2)cs1)c1cc([N+](=O)[O-])ccc1Cl. The van der Waals surface area contributed by atoms with Gasteiger partial charge in [0.05, 0.1) is 31.0 Å². The topological polar surface area (TPSA) is 170 Å². The molecule has 0 fully saturated rings. The van der Waals surface area contributed by atoms with Gasteiger partial charge >= 0.3 is 0 Å². The summed E-state index contributed by atoms with van der Waals surface area (Å²) in [6.45, 7) is 0. The number of aromatic nitrogens is 2. The van der Waals surface area contributed by atoms with E-state index < -0.39 is 21.7 Å². The first-order chi connectivity index (χ1) is 17.1. The first-order valence-electron chi connectivity index (χ1n) is 9.54. The predicted octanol–water partition coefficient (Wildman–Crippen LogP) is 5.89. The first-order valence-corrected chi connectivity index (χ1v) is 12.1. The van der Waals surface area contributed by atoms with Crippen molar-refractivity contribution >= 4 is 79.3 Å². The van der Waals surface area contributed by atoms with E-state index in [-0.39, 0.29) is 42.8 Å². The summed E-state index contributed by atoms with van der Waals surface area (Å²) in [5.41, 5.74) is 0.0546. The summed E-state index contributed by atoms with van der Waals surface area (Å²) in [6, 6.07) is 7.02. The Labute approximate surface area is 218 Å². The van der Waals surface area contributed by atoms with Crippen LogP contribution in [0.15, 0.2) is 47.2 Å². The number of amides is 2. The van der Waals surface area contributed by atoms with E-state index in [2.05, 4.69) is 20.6 Å². The highest BCUT2D eigenvalue weighted by molar-refractivity contribution is 7.15. The minimum Gasteiger partial charge on any atom is -0.298 e. The molecule has 0 atom stereocenters. The van der Waals surface area contributed by atoms with Crippen molar-refractivity contribution in [2.45, 2.75) is 0 Å². The molecule has 0 bridgehead atoms. The van der Waals surface area contributed by atoms with Gasteiger partial charge in [-0.15, -0.1) is 22.7 Å². The van der Waals surface area contributed by atoms with Crippen molar-refractivity contribution in [3.05, 3.63) is 88.6 Å². The molecular weight excluding hydrogens is 555 g/mol. The van der Waals surface area contributed by atoms with Crippen molar-refractivity contribution in [3.8, 4) is 11.4 Å². The van der Waals surface area contributed by atoms with Crippen LogP contribution in [0, 0.1) is 20.2 Å². The number of halogens is 2. The number of carbonyl (C=O) groups is 2. The summed E-state index contributed by atoms with van der Waals surface area (Å²) in [5.74, 6) is -1.35. The van der Waals surface area contributed by atoms with Crippen molar-refractivity contribution in [1.82, 2.24) is 9.97 Å². The molecule has 36 heavy (non-hydrogen) atoms. The number of carbonyl (C=O) groups excluding carboxylic acids is 2. The van der Waals surface area contributed by atoms with Crippen LogP contribution in [0.5, 0.6) is 0 Å². The fourth-order valence-electron chi connectivity index (χ4n) is 2.83. The highest BCUT2D eigenvalue weighted by atomic mass is 35.5. The average molecular weight is 565 g/mol. The lowest BCUT2D eigenvalue weighted by atomic mass is 10.2. The molecule has 2 aromatic carbocycles. The maximum Gasteiger partial charge on any atom is 0.270 e. The molecule has 0 saturated heterocycles. The van der Waals surface area contributed by atoms with Crippen LogP contribution in [0.3, 0.4) is 0 Å². The Morgan fingerprint density at radius 1 is 0.750 bits per heavy atom. The van der Waals surface area contributed by atoms with Crippen LogP contribution in [0.1, 0.15) is 20.7 Å². The van der Waals surface area contributed by atoms with Crippen LogP contribution in [-0.4, -0.2) is 31.6 Å². The molecule has 2 N–H and O–H groups in total. The second-order valence-electron chi connectivity index (χ2n) is 6.83. The van der Waals surface area contributed by atoms with Crippen LogP contribution >= 0.6 is 45.9 Å². The Morgan fingerprint density at radius 3 is 1.50 bits per heavy atom. The van der Waals surface area contributed by atoms with Gasteiger partial charge in [0.2, 0.25) is 0 Å². The number of thiazole rings is 2. The fourth-order valence-corrected chi connectivity index (χ4v) is 4.63. The Kier molecular flexibility index (Phi) is 7.21. The zero-order chi connectivity index (χ0) is 26.0. The second-order valence-corrected chi connectivity index (χ2v) is 9.36. The number of benzene rings is 2. The van der Waals surface area contributed by atoms with Gasteiger partial charge in [0.1, 0.15) is 11.4 Å². The summed E-state index contributed by atoms with van der Waals surface area (Å²) >= 11 is 14.2. The van der Waals surface area contributed by atoms with E-state index in [1.807, 2.05) is 0 Å². The molecular formula is C20H10Cl2N6O6S2. The smallest absolute Gasteiger partial charge is 0.270 e. The number of nitrogens with zero attached hydrogens (tertiary/aromatic N) is 4. The zero-order valence-electron chi connectivity index (χ0n) is 17.4. The first kappa shape index (κ1) is 25.1. The largest absolute Gasteiger partial charge is 0.298 e. The number of nitro groups is 2. The van der Waals surface area contributed by atoms with E-state index in [1.165, 1.54) is 24.3 Å². The van der Waals surface area contributed by atoms with Gasteiger partial charge in [-0.25, -0.2) is 9.97 Å². The number of hydrogen-bond acceptors (Lipinski definition) is 10. The predicted molar refractivity (Wildman–Crippen MR) is 135 cm³/mol. The number of anilines is 2. The van der Waals surface area contributed by atoms with Gasteiger partial charge in [-0.2, -0.15) is 0 Å². The third kappa shape index (κ3) is 5.46. The summed E-state index contributed by atoms with van der Waals surface area (Å²) in [6.07, 6.45) is 0. The lowest BCUT2D eigenvalue weighted by molar-refractivity contribution is -0.385. The Bertz CT molecular complexity index is 1420. The highest BCUT2D eigenvalue weighted by Gasteiger charge is 2.19. The molecule has 16 heteroatoms. The number of rotatable bonds is 7. The third-order valence-electron chi connectivity index (χ3n) is 4.52. The number of nitrogens with one attached hydrogen (secondary N) is 2. The highest BCUT2D eigenvalue weighted by Crippen LogP contribution is 2.30. The average Bonchev–Trinajstić information content (AvgIpc) is 3.48.